The third-order valence-corrected chi connectivity index (χ3v) is 2.51. The van der Waals surface area contributed by atoms with Gasteiger partial charge in [-0.25, -0.2) is 5.84 Å². The van der Waals surface area contributed by atoms with Gasteiger partial charge in [-0.2, -0.15) is 0 Å². The third-order valence-electron chi connectivity index (χ3n) is 2.51. The molecule has 1 rings (SSSR count). The van der Waals surface area contributed by atoms with Gasteiger partial charge in [-0.1, -0.05) is 45.0 Å². The van der Waals surface area contributed by atoms with Gasteiger partial charge in [-0.15, -0.1) is 0 Å². The summed E-state index contributed by atoms with van der Waals surface area (Å²) in [5.74, 6) is 6.34. The highest BCUT2D eigenvalue weighted by Crippen LogP contribution is 2.25. The van der Waals surface area contributed by atoms with Gasteiger partial charge >= 0.3 is 0 Å². The quantitative estimate of drug-likeness (QED) is 0.357. The Bertz CT molecular complexity index is 400. The highest BCUT2D eigenvalue weighted by molar-refractivity contribution is 6.00. The van der Waals surface area contributed by atoms with Crippen molar-refractivity contribution in [3.05, 3.63) is 35.4 Å². The number of nitrogens with two attached hydrogens (primary N) is 1. The monoisotopic (exact) mass is 233 g/mol. The van der Waals surface area contributed by atoms with Crippen LogP contribution in [0.15, 0.2) is 29.3 Å². The molecule has 3 nitrogen and oxygen atoms in total. The van der Waals surface area contributed by atoms with Gasteiger partial charge in [0, 0.05) is 11.6 Å². The molecule has 94 valence electrons. The zero-order valence-corrected chi connectivity index (χ0v) is 11.4. The Hall–Kier alpha value is -1.35. The molecule has 0 aromatic heterocycles. The van der Waals surface area contributed by atoms with Crippen LogP contribution in [0.25, 0.3) is 0 Å². The Kier molecular flexibility index (Phi) is 4.29. The number of hydrogen-bond donors (Lipinski definition) is 2. The second-order valence-corrected chi connectivity index (χ2v) is 5.51. The molecule has 0 radical (unpaired) electrons. The molecule has 1 aromatic rings. The molecule has 3 heteroatoms. The van der Waals surface area contributed by atoms with Crippen LogP contribution in [0.1, 0.15) is 45.7 Å². The molecule has 0 bridgehead atoms. The van der Waals surface area contributed by atoms with E-state index in [0.717, 1.165) is 11.4 Å². The maximum Gasteiger partial charge on any atom is 0.143 e. The maximum absolute atomic E-state index is 5.58. The smallest absolute Gasteiger partial charge is 0.143 e. The van der Waals surface area contributed by atoms with Crippen LogP contribution in [0.4, 0.5) is 0 Å². The van der Waals surface area contributed by atoms with Crippen LogP contribution in [-0.4, -0.2) is 11.9 Å². The van der Waals surface area contributed by atoms with Gasteiger partial charge in [0.25, 0.3) is 0 Å². The number of nitrogens with zero attached hydrogens (tertiary/aromatic N) is 1. The van der Waals surface area contributed by atoms with Crippen molar-refractivity contribution < 1.29 is 0 Å². The standard InChI is InChI=1S/C14H23N3/c1-10(2)16-13(17-15)11-8-6-7-9-12(11)14(3,4)5/h6-10H,15H2,1-5H3,(H,16,17). The van der Waals surface area contributed by atoms with E-state index in [0.29, 0.717) is 0 Å². The molecule has 0 atom stereocenters. The highest BCUT2D eigenvalue weighted by atomic mass is 15.3. The van der Waals surface area contributed by atoms with Gasteiger partial charge in [-0.05, 0) is 24.8 Å². The largest absolute Gasteiger partial charge is 0.308 e. The molecular formula is C14H23N3. The first-order valence-electron chi connectivity index (χ1n) is 6.00. The second kappa shape index (κ2) is 5.32. The number of benzene rings is 1. The van der Waals surface area contributed by atoms with Gasteiger partial charge in [-0.3, -0.25) is 4.99 Å². The van der Waals surface area contributed by atoms with Crippen molar-refractivity contribution in [1.82, 2.24) is 5.43 Å². The second-order valence-electron chi connectivity index (χ2n) is 5.51. The van der Waals surface area contributed by atoms with Gasteiger partial charge in [0.15, 0.2) is 0 Å². The number of nitrogens with one attached hydrogen (secondary N) is 1. The summed E-state index contributed by atoms with van der Waals surface area (Å²) in [4.78, 5) is 4.52. The summed E-state index contributed by atoms with van der Waals surface area (Å²) in [6.45, 7) is 10.6. The molecule has 0 saturated heterocycles. The van der Waals surface area contributed by atoms with Crippen molar-refractivity contribution in [3.8, 4) is 0 Å². The van der Waals surface area contributed by atoms with Crippen LogP contribution in [-0.2, 0) is 5.41 Å². The SMILES string of the molecule is CC(C)N=C(NN)c1ccccc1C(C)(C)C. The molecule has 0 aliphatic carbocycles. The fourth-order valence-electron chi connectivity index (χ4n) is 1.79. The zero-order valence-electron chi connectivity index (χ0n) is 11.4. The van der Waals surface area contributed by atoms with E-state index in [-0.39, 0.29) is 11.5 Å². The van der Waals surface area contributed by atoms with E-state index in [9.17, 15) is 0 Å². The van der Waals surface area contributed by atoms with Crippen molar-refractivity contribution >= 4 is 5.84 Å². The van der Waals surface area contributed by atoms with Gasteiger partial charge in [0.2, 0.25) is 0 Å². The van der Waals surface area contributed by atoms with Crippen molar-refractivity contribution in [3.63, 3.8) is 0 Å². The molecular weight excluding hydrogens is 210 g/mol. The lowest BCUT2D eigenvalue weighted by Crippen LogP contribution is -2.34. The summed E-state index contributed by atoms with van der Waals surface area (Å²) >= 11 is 0. The molecule has 17 heavy (non-hydrogen) atoms. The minimum absolute atomic E-state index is 0.0746. The summed E-state index contributed by atoms with van der Waals surface area (Å²) in [6.07, 6.45) is 0. The van der Waals surface area contributed by atoms with Gasteiger partial charge in [0.05, 0.1) is 0 Å². The van der Waals surface area contributed by atoms with Crippen molar-refractivity contribution in [1.29, 1.82) is 0 Å². The summed E-state index contributed by atoms with van der Waals surface area (Å²) < 4.78 is 0. The van der Waals surface area contributed by atoms with E-state index in [1.807, 2.05) is 26.0 Å². The predicted molar refractivity (Wildman–Crippen MR) is 74.1 cm³/mol. The number of hydrogen-bond acceptors (Lipinski definition) is 2. The molecule has 0 unspecified atom stereocenters. The lowest BCUT2D eigenvalue weighted by atomic mass is 9.83. The topological polar surface area (TPSA) is 50.4 Å². The van der Waals surface area contributed by atoms with Gasteiger partial charge in [0.1, 0.15) is 5.84 Å². The fraction of sp³-hybridized carbons (Fsp3) is 0.500. The van der Waals surface area contributed by atoms with Crippen LogP contribution < -0.4 is 11.3 Å². The van der Waals surface area contributed by atoms with E-state index >= 15 is 0 Å². The number of rotatable bonds is 2. The lowest BCUT2D eigenvalue weighted by molar-refractivity contribution is 0.588. The molecule has 0 spiro atoms. The van der Waals surface area contributed by atoms with E-state index < -0.39 is 0 Å². The Labute approximate surface area is 104 Å². The summed E-state index contributed by atoms with van der Waals surface area (Å²) in [7, 11) is 0. The number of aliphatic imine (C=N–C) groups is 1. The van der Waals surface area contributed by atoms with E-state index in [2.05, 4.69) is 43.3 Å². The fourth-order valence-corrected chi connectivity index (χ4v) is 1.79. The van der Waals surface area contributed by atoms with Crippen molar-refractivity contribution in [2.75, 3.05) is 0 Å². The van der Waals surface area contributed by atoms with Crippen LogP contribution >= 0.6 is 0 Å². The van der Waals surface area contributed by atoms with Gasteiger partial charge < -0.3 is 5.43 Å². The molecule has 0 heterocycles. The molecule has 1 aromatic carbocycles. The van der Waals surface area contributed by atoms with E-state index in [1.54, 1.807) is 0 Å². The minimum atomic E-state index is 0.0746. The molecule has 0 amide bonds. The zero-order chi connectivity index (χ0) is 13.1. The number of amidine groups is 1. The lowest BCUT2D eigenvalue weighted by Gasteiger charge is -2.23. The normalized spacial score (nSPS) is 13.0. The Morgan fingerprint density at radius 1 is 1.24 bits per heavy atom. The highest BCUT2D eigenvalue weighted by Gasteiger charge is 2.19. The average Bonchev–Trinajstić information content (AvgIpc) is 2.24. The molecule has 0 saturated carbocycles. The Balaban J connectivity index is 3.30. The summed E-state index contributed by atoms with van der Waals surface area (Å²) in [6, 6.07) is 8.46. The molecule has 3 N–H and O–H groups in total. The first-order valence-corrected chi connectivity index (χ1v) is 6.00. The minimum Gasteiger partial charge on any atom is -0.308 e. The van der Waals surface area contributed by atoms with Crippen LogP contribution in [0, 0.1) is 0 Å². The van der Waals surface area contributed by atoms with Crippen LogP contribution in [0.3, 0.4) is 0 Å². The predicted octanol–water partition coefficient (Wildman–Crippen LogP) is 2.60. The maximum atomic E-state index is 5.58. The van der Waals surface area contributed by atoms with Crippen molar-refractivity contribution in [2.45, 2.75) is 46.1 Å². The Morgan fingerprint density at radius 2 is 1.82 bits per heavy atom. The van der Waals surface area contributed by atoms with Crippen molar-refractivity contribution in [2.24, 2.45) is 10.8 Å². The summed E-state index contributed by atoms with van der Waals surface area (Å²) in [5.41, 5.74) is 5.11. The summed E-state index contributed by atoms with van der Waals surface area (Å²) in [5, 5.41) is 0. The van der Waals surface area contributed by atoms with Crippen LogP contribution in [0.5, 0.6) is 0 Å². The average molecular weight is 233 g/mol. The first kappa shape index (κ1) is 13.7. The van der Waals surface area contributed by atoms with E-state index in [1.165, 1.54) is 5.56 Å². The first-order chi connectivity index (χ1) is 7.86. The molecule has 0 aliphatic heterocycles. The third kappa shape index (κ3) is 3.56. The molecule has 0 fully saturated rings. The molecule has 0 aliphatic rings. The van der Waals surface area contributed by atoms with Crippen LogP contribution in [0.2, 0.25) is 0 Å². The van der Waals surface area contributed by atoms with E-state index in [4.69, 9.17) is 5.84 Å². The Morgan fingerprint density at radius 3 is 2.29 bits per heavy atom. The number of hydrazine groups is 1.